The third kappa shape index (κ3) is 5.03. The summed E-state index contributed by atoms with van der Waals surface area (Å²) in [4.78, 5) is 17.7. The predicted octanol–water partition coefficient (Wildman–Crippen LogP) is 4.91. The first-order valence-corrected chi connectivity index (χ1v) is 9.91. The quantitative estimate of drug-likeness (QED) is 0.355. The highest BCUT2D eigenvalue weighted by atomic mass is 127. The summed E-state index contributed by atoms with van der Waals surface area (Å²) in [6, 6.07) is 7.64. The van der Waals surface area contributed by atoms with Crippen molar-refractivity contribution in [3.63, 3.8) is 0 Å². The van der Waals surface area contributed by atoms with Crippen LogP contribution >= 0.6 is 45.8 Å². The third-order valence-corrected chi connectivity index (χ3v) is 5.61. The highest BCUT2D eigenvalue weighted by molar-refractivity contribution is 14.1. The number of benzene rings is 2. The standard InChI is InChI=1S/C18H16Cl2FIN2O3/c19-12-6-11(17(26)24-27-9-18(8-25)3-4-18)16(7-14(12)21)23-15-2-1-10(22)5-13(15)20/h1-2,5-7,23,25H,3-4,8-9H2,(H,24,26). The van der Waals surface area contributed by atoms with Crippen LogP contribution in [0.5, 0.6) is 0 Å². The minimum atomic E-state index is -0.671. The number of amides is 1. The lowest BCUT2D eigenvalue weighted by atomic mass is 10.1. The van der Waals surface area contributed by atoms with Gasteiger partial charge in [0.05, 0.1) is 40.2 Å². The number of hydroxylamine groups is 1. The molecule has 0 aliphatic heterocycles. The Hall–Kier alpha value is -1.13. The number of aliphatic hydroxyl groups excluding tert-OH is 1. The van der Waals surface area contributed by atoms with Crippen LogP contribution in [0.4, 0.5) is 15.8 Å². The molecule has 0 heterocycles. The Balaban J connectivity index is 1.79. The second kappa shape index (κ2) is 8.48. The zero-order valence-electron chi connectivity index (χ0n) is 14.0. The average molecular weight is 525 g/mol. The van der Waals surface area contributed by atoms with Crippen molar-refractivity contribution in [3.8, 4) is 0 Å². The molecule has 0 saturated heterocycles. The summed E-state index contributed by atoms with van der Waals surface area (Å²) in [5.74, 6) is -1.26. The largest absolute Gasteiger partial charge is 0.396 e. The maximum atomic E-state index is 14.0. The van der Waals surface area contributed by atoms with E-state index < -0.39 is 11.7 Å². The van der Waals surface area contributed by atoms with Gasteiger partial charge < -0.3 is 10.4 Å². The van der Waals surface area contributed by atoms with Crippen LogP contribution in [0, 0.1) is 14.8 Å². The number of rotatable bonds is 7. The van der Waals surface area contributed by atoms with Crippen LogP contribution in [0.1, 0.15) is 23.2 Å². The molecule has 3 rings (SSSR count). The fraction of sp³-hybridized carbons (Fsp3) is 0.278. The first-order chi connectivity index (χ1) is 12.8. The molecule has 3 N–H and O–H groups in total. The molecular formula is C18H16Cl2FIN2O3. The van der Waals surface area contributed by atoms with E-state index in [1.165, 1.54) is 6.07 Å². The van der Waals surface area contributed by atoms with Crippen LogP contribution in [-0.4, -0.2) is 24.2 Å². The molecule has 2 aromatic rings. The lowest BCUT2D eigenvalue weighted by Crippen LogP contribution is -2.28. The molecule has 0 unspecified atom stereocenters. The minimum absolute atomic E-state index is 0.00333. The molecule has 27 heavy (non-hydrogen) atoms. The van der Waals surface area contributed by atoms with Gasteiger partial charge in [0, 0.05) is 8.99 Å². The van der Waals surface area contributed by atoms with E-state index in [0.717, 1.165) is 22.5 Å². The molecular weight excluding hydrogens is 509 g/mol. The fourth-order valence-corrected chi connectivity index (χ4v) is 3.48. The van der Waals surface area contributed by atoms with E-state index in [0.29, 0.717) is 10.7 Å². The molecule has 144 valence electrons. The molecule has 2 aromatic carbocycles. The molecule has 0 atom stereocenters. The number of carbonyl (C=O) groups is 1. The van der Waals surface area contributed by atoms with E-state index in [9.17, 15) is 14.3 Å². The Morgan fingerprint density at radius 2 is 1.96 bits per heavy atom. The average Bonchev–Trinajstić information content (AvgIpc) is 3.40. The summed E-state index contributed by atoms with van der Waals surface area (Å²) < 4.78 is 14.9. The number of aliphatic hydroxyl groups is 1. The Labute approximate surface area is 179 Å². The van der Waals surface area contributed by atoms with E-state index in [-0.39, 0.29) is 34.9 Å². The normalized spacial score (nSPS) is 14.7. The molecule has 9 heteroatoms. The smallest absolute Gasteiger partial charge is 0.277 e. The Bertz CT molecular complexity index is 878. The van der Waals surface area contributed by atoms with Gasteiger partial charge in [-0.3, -0.25) is 9.63 Å². The van der Waals surface area contributed by atoms with Gasteiger partial charge in [0.15, 0.2) is 0 Å². The van der Waals surface area contributed by atoms with Gasteiger partial charge in [-0.1, -0.05) is 23.2 Å². The summed E-state index contributed by atoms with van der Waals surface area (Å²) >= 11 is 14.2. The molecule has 1 fully saturated rings. The van der Waals surface area contributed by atoms with E-state index in [2.05, 4.69) is 33.4 Å². The molecule has 0 radical (unpaired) electrons. The maximum absolute atomic E-state index is 14.0. The van der Waals surface area contributed by atoms with Gasteiger partial charge >= 0.3 is 0 Å². The van der Waals surface area contributed by atoms with Crippen molar-refractivity contribution in [1.82, 2.24) is 5.48 Å². The van der Waals surface area contributed by atoms with E-state index in [1.807, 2.05) is 6.07 Å². The van der Waals surface area contributed by atoms with Crippen LogP contribution in [0.25, 0.3) is 0 Å². The van der Waals surface area contributed by atoms with Crippen molar-refractivity contribution in [2.45, 2.75) is 12.8 Å². The first kappa shape index (κ1) is 20.6. The van der Waals surface area contributed by atoms with Crippen molar-refractivity contribution in [2.75, 3.05) is 18.5 Å². The molecule has 5 nitrogen and oxygen atoms in total. The van der Waals surface area contributed by atoms with E-state index in [4.69, 9.17) is 28.0 Å². The second-order valence-corrected chi connectivity index (χ2v) is 8.50. The van der Waals surface area contributed by atoms with Gasteiger partial charge in [0.1, 0.15) is 5.82 Å². The molecule has 0 spiro atoms. The molecule has 0 bridgehead atoms. The summed E-state index contributed by atoms with van der Waals surface area (Å²) in [5, 5.41) is 12.5. The van der Waals surface area contributed by atoms with Crippen LogP contribution in [0.3, 0.4) is 0 Å². The maximum Gasteiger partial charge on any atom is 0.277 e. The van der Waals surface area contributed by atoms with Gasteiger partial charge in [-0.2, -0.15) is 0 Å². The number of carbonyl (C=O) groups excluding carboxylic acids is 1. The zero-order chi connectivity index (χ0) is 19.6. The molecule has 0 aromatic heterocycles. The van der Waals surface area contributed by atoms with Gasteiger partial charge in [0.2, 0.25) is 0 Å². The highest BCUT2D eigenvalue weighted by Gasteiger charge is 2.42. The van der Waals surface area contributed by atoms with Crippen molar-refractivity contribution < 1.29 is 19.1 Å². The summed E-state index contributed by atoms with van der Waals surface area (Å²) in [6.45, 7) is 0.208. The monoisotopic (exact) mass is 524 g/mol. The van der Waals surface area contributed by atoms with Crippen molar-refractivity contribution in [3.05, 3.63) is 55.3 Å². The number of halogens is 4. The number of hydrogen-bond donors (Lipinski definition) is 3. The summed E-state index contributed by atoms with van der Waals surface area (Å²) in [6.07, 6.45) is 1.69. The topological polar surface area (TPSA) is 70.6 Å². The lowest BCUT2D eigenvalue weighted by Gasteiger charge is -2.16. The van der Waals surface area contributed by atoms with Gasteiger partial charge in [-0.25, -0.2) is 9.87 Å². The predicted molar refractivity (Wildman–Crippen MR) is 111 cm³/mol. The molecule has 1 aliphatic rings. The highest BCUT2D eigenvalue weighted by Crippen LogP contribution is 2.45. The van der Waals surface area contributed by atoms with E-state index in [1.54, 1.807) is 12.1 Å². The first-order valence-electron chi connectivity index (χ1n) is 8.08. The number of nitrogens with one attached hydrogen (secondary N) is 2. The van der Waals surface area contributed by atoms with Crippen molar-refractivity contribution >= 4 is 63.1 Å². The number of anilines is 2. The number of hydrogen-bond acceptors (Lipinski definition) is 4. The Kier molecular flexibility index (Phi) is 6.47. The van der Waals surface area contributed by atoms with Crippen LogP contribution in [0.15, 0.2) is 30.3 Å². The minimum Gasteiger partial charge on any atom is -0.396 e. The SMILES string of the molecule is O=C(NOCC1(CO)CC1)c1cc(Cl)c(F)cc1Nc1ccc(I)cc1Cl. The van der Waals surface area contributed by atoms with Crippen molar-refractivity contribution in [1.29, 1.82) is 0 Å². The third-order valence-electron chi connectivity index (χ3n) is 4.34. The van der Waals surface area contributed by atoms with E-state index >= 15 is 0 Å². The van der Waals surface area contributed by atoms with Gasteiger partial charge in [-0.15, -0.1) is 0 Å². The lowest BCUT2D eigenvalue weighted by molar-refractivity contribution is -0.0000223. The van der Waals surface area contributed by atoms with Crippen LogP contribution in [-0.2, 0) is 4.84 Å². The van der Waals surface area contributed by atoms with Crippen LogP contribution < -0.4 is 10.8 Å². The van der Waals surface area contributed by atoms with Gasteiger partial charge in [0.25, 0.3) is 5.91 Å². The summed E-state index contributed by atoms with van der Waals surface area (Å²) in [5.41, 5.74) is 2.87. The molecule has 1 amide bonds. The summed E-state index contributed by atoms with van der Waals surface area (Å²) in [7, 11) is 0. The van der Waals surface area contributed by atoms with Crippen molar-refractivity contribution in [2.24, 2.45) is 5.41 Å². The second-order valence-electron chi connectivity index (χ2n) is 6.44. The Morgan fingerprint density at radius 3 is 2.59 bits per heavy atom. The molecule has 1 aliphatic carbocycles. The zero-order valence-corrected chi connectivity index (χ0v) is 17.7. The molecule has 1 saturated carbocycles. The van der Waals surface area contributed by atoms with Gasteiger partial charge in [-0.05, 0) is 65.8 Å². The Morgan fingerprint density at radius 1 is 1.22 bits per heavy atom. The van der Waals surface area contributed by atoms with Crippen LogP contribution in [0.2, 0.25) is 10.0 Å². The fourth-order valence-electron chi connectivity index (χ4n) is 2.41.